The number of aromatic nitrogens is 1. The topological polar surface area (TPSA) is 92.8 Å². The second-order valence-corrected chi connectivity index (χ2v) is 10.9. The zero-order valence-corrected chi connectivity index (χ0v) is 20.1. The number of sulfonamides is 1. The summed E-state index contributed by atoms with van der Waals surface area (Å²) in [7, 11) is -3.75. The number of piperidine rings is 1. The molecule has 9 heteroatoms. The molecule has 2 aliphatic heterocycles. The van der Waals surface area contributed by atoms with Crippen LogP contribution in [0.5, 0.6) is 0 Å². The van der Waals surface area contributed by atoms with E-state index in [-0.39, 0.29) is 23.2 Å². The number of nitrogens with zero attached hydrogens (tertiary/aromatic N) is 3. The number of aryl methyl sites for hydroxylation is 1. The van der Waals surface area contributed by atoms with E-state index in [0.29, 0.717) is 17.6 Å². The number of amides is 1. The van der Waals surface area contributed by atoms with Gasteiger partial charge in [-0.15, -0.1) is 0 Å². The van der Waals surface area contributed by atoms with E-state index in [9.17, 15) is 18.0 Å². The van der Waals surface area contributed by atoms with Crippen LogP contribution in [0.1, 0.15) is 54.6 Å². The van der Waals surface area contributed by atoms with Crippen molar-refractivity contribution in [2.24, 2.45) is 0 Å². The number of unbranched alkanes of at least 4 members (excludes halogenated alkanes) is 1. The lowest BCUT2D eigenvalue weighted by Crippen LogP contribution is -2.37. The largest absolute Gasteiger partial charge is 0.420 e. The van der Waals surface area contributed by atoms with Crippen LogP contribution in [0, 0.1) is 0 Å². The highest BCUT2D eigenvalue weighted by molar-refractivity contribution is 7.90. The van der Waals surface area contributed by atoms with Crippen LogP contribution in [0.15, 0.2) is 56.6 Å². The van der Waals surface area contributed by atoms with Gasteiger partial charge in [-0.25, -0.2) is 17.5 Å². The number of benzene rings is 2. The fraction of sp³-hybridized carbons (Fsp3) is 0.440. The van der Waals surface area contributed by atoms with Gasteiger partial charge in [0, 0.05) is 25.7 Å². The Hall–Kier alpha value is -2.91. The highest BCUT2D eigenvalue weighted by atomic mass is 32.2. The van der Waals surface area contributed by atoms with Crippen molar-refractivity contribution in [2.75, 3.05) is 26.2 Å². The summed E-state index contributed by atoms with van der Waals surface area (Å²) in [5, 5.41) is 0. The van der Waals surface area contributed by atoms with Crippen molar-refractivity contribution in [1.82, 2.24) is 13.8 Å². The summed E-state index contributed by atoms with van der Waals surface area (Å²) in [6, 6.07) is 12.7. The molecule has 1 fully saturated rings. The number of rotatable bonds is 7. The van der Waals surface area contributed by atoms with Crippen molar-refractivity contribution in [1.29, 1.82) is 0 Å². The molecule has 8 nitrogen and oxygen atoms in total. The first kappa shape index (κ1) is 22.9. The summed E-state index contributed by atoms with van der Waals surface area (Å²) in [5.41, 5.74) is 2.71. The van der Waals surface area contributed by atoms with Crippen LogP contribution < -0.4 is 5.76 Å². The van der Waals surface area contributed by atoms with E-state index in [1.165, 1.54) is 0 Å². The molecule has 3 aromatic rings. The van der Waals surface area contributed by atoms with Crippen LogP contribution in [0.4, 0.5) is 0 Å². The Morgan fingerprint density at radius 3 is 2.50 bits per heavy atom. The molecule has 0 unspecified atom stereocenters. The van der Waals surface area contributed by atoms with Crippen molar-refractivity contribution in [2.45, 2.75) is 50.0 Å². The Bertz CT molecular complexity index is 1380. The van der Waals surface area contributed by atoms with Crippen LogP contribution in [0.2, 0.25) is 0 Å². The lowest BCUT2D eigenvalue weighted by atomic mass is 10.0. The highest BCUT2D eigenvalue weighted by Crippen LogP contribution is 2.31. The number of likely N-dealkylation sites (tertiary alicyclic amines) is 1. The molecule has 0 saturated carbocycles. The Labute approximate surface area is 198 Å². The third-order valence-corrected chi connectivity index (χ3v) is 8.84. The van der Waals surface area contributed by atoms with Gasteiger partial charge < -0.3 is 9.32 Å². The molecular weight excluding hydrogens is 454 g/mol. The molecule has 0 bridgehead atoms. The van der Waals surface area contributed by atoms with E-state index in [0.717, 1.165) is 60.7 Å². The third-order valence-electron chi connectivity index (χ3n) is 7.00. The molecule has 3 heterocycles. The molecule has 0 radical (unpaired) electrons. The number of hydrogen-bond acceptors (Lipinski definition) is 6. The smallest absolute Gasteiger partial charge is 0.408 e. The summed E-state index contributed by atoms with van der Waals surface area (Å²) >= 11 is 0. The maximum Gasteiger partial charge on any atom is 0.420 e. The van der Waals surface area contributed by atoms with Crippen molar-refractivity contribution in [3.63, 3.8) is 0 Å². The molecule has 2 aromatic carbocycles. The summed E-state index contributed by atoms with van der Waals surface area (Å²) < 4.78 is 33.8. The van der Waals surface area contributed by atoms with Gasteiger partial charge in [0.15, 0.2) is 5.58 Å². The Morgan fingerprint density at radius 2 is 1.74 bits per heavy atom. The lowest BCUT2D eigenvalue weighted by molar-refractivity contribution is 0.0868. The SMILES string of the molecule is CCc1ccc2c(c1)C(=O)N(CCCCN1CCC(n3c(=O)oc4ccccc43)CC1)S2(=O)=O. The van der Waals surface area contributed by atoms with Crippen LogP contribution in [-0.2, 0) is 16.4 Å². The predicted octanol–water partition coefficient (Wildman–Crippen LogP) is 3.42. The van der Waals surface area contributed by atoms with Gasteiger partial charge in [0.2, 0.25) is 0 Å². The Kier molecular flexibility index (Phi) is 6.07. The van der Waals surface area contributed by atoms with Crippen molar-refractivity contribution in [3.8, 4) is 0 Å². The van der Waals surface area contributed by atoms with E-state index in [1.807, 2.05) is 31.2 Å². The molecule has 34 heavy (non-hydrogen) atoms. The number of carbonyl (C=O) groups excluding carboxylic acids is 1. The molecule has 0 N–H and O–H groups in total. The monoisotopic (exact) mass is 483 g/mol. The van der Waals surface area contributed by atoms with Gasteiger partial charge in [-0.2, -0.15) is 0 Å². The van der Waals surface area contributed by atoms with Crippen molar-refractivity contribution >= 4 is 27.0 Å². The normalized spacial score (nSPS) is 18.6. The van der Waals surface area contributed by atoms with Gasteiger partial charge in [-0.3, -0.25) is 9.36 Å². The fourth-order valence-corrected chi connectivity index (χ4v) is 6.68. The van der Waals surface area contributed by atoms with Crippen LogP contribution in [-0.4, -0.2) is 54.3 Å². The average Bonchev–Trinajstić information content (AvgIpc) is 3.27. The van der Waals surface area contributed by atoms with Gasteiger partial charge in [0.05, 0.1) is 11.1 Å². The van der Waals surface area contributed by atoms with Crippen LogP contribution in [0.3, 0.4) is 0 Å². The summed E-state index contributed by atoms with van der Waals surface area (Å²) in [6.45, 7) is 4.74. The standard InChI is InChI=1S/C25H29N3O5S/c1-2-18-9-10-23-20(17-18)24(29)27(34(23,31)32)14-6-5-13-26-15-11-19(12-16-26)28-21-7-3-4-8-22(21)33-25(28)30/h3-4,7-10,17,19H,2,5-6,11-16H2,1H3. The minimum atomic E-state index is -3.75. The summed E-state index contributed by atoms with van der Waals surface area (Å²) in [5.74, 6) is -0.716. The van der Waals surface area contributed by atoms with E-state index in [2.05, 4.69) is 4.90 Å². The van der Waals surface area contributed by atoms with Crippen molar-refractivity contribution in [3.05, 3.63) is 64.1 Å². The maximum atomic E-state index is 12.8. The first-order valence-corrected chi connectivity index (χ1v) is 13.4. The Balaban J connectivity index is 1.13. The molecule has 0 aliphatic carbocycles. The molecule has 0 spiro atoms. The van der Waals surface area contributed by atoms with Crippen LogP contribution in [0.25, 0.3) is 11.1 Å². The summed E-state index contributed by atoms with van der Waals surface area (Å²) in [4.78, 5) is 27.6. The number of hydrogen-bond donors (Lipinski definition) is 0. The Morgan fingerprint density at radius 1 is 1.00 bits per heavy atom. The second kappa shape index (κ2) is 9.03. The quantitative estimate of drug-likeness (QED) is 0.478. The molecule has 0 atom stereocenters. The first-order chi connectivity index (χ1) is 16.4. The van der Waals surface area contributed by atoms with Gasteiger partial charge in [-0.1, -0.05) is 25.1 Å². The molecule has 2 aliphatic rings. The predicted molar refractivity (Wildman–Crippen MR) is 128 cm³/mol. The summed E-state index contributed by atoms with van der Waals surface area (Å²) in [6.07, 6.45) is 3.89. The molecule has 5 rings (SSSR count). The number of para-hydroxylation sites is 2. The second-order valence-electron chi connectivity index (χ2n) is 9.05. The van der Waals surface area contributed by atoms with E-state index < -0.39 is 15.9 Å². The minimum Gasteiger partial charge on any atom is -0.408 e. The third kappa shape index (κ3) is 3.96. The van der Waals surface area contributed by atoms with Crippen LogP contribution >= 0.6 is 0 Å². The fourth-order valence-electron chi connectivity index (χ4n) is 5.09. The minimum absolute atomic E-state index is 0.117. The zero-order chi connectivity index (χ0) is 23.9. The van der Waals surface area contributed by atoms with Gasteiger partial charge in [-0.05, 0) is 68.5 Å². The molecule has 1 saturated heterocycles. The number of fused-ring (bicyclic) bond motifs is 2. The highest BCUT2D eigenvalue weighted by Gasteiger charge is 2.40. The molecule has 180 valence electrons. The van der Waals surface area contributed by atoms with E-state index in [1.54, 1.807) is 22.8 Å². The lowest BCUT2D eigenvalue weighted by Gasteiger charge is -2.32. The maximum absolute atomic E-state index is 12.8. The zero-order valence-electron chi connectivity index (χ0n) is 19.3. The molecule has 1 amide bonds. The average molecular weight is 484 g/mol. The van der Waals surface area contributed by atoms with E-state index >= 15 is 0 Å². The molecule has 1 aromatic heterocycles. The number of oxazole rings is 1. The van der Waals surface area contributed by atoms with Crippen molar-refractivity contribution < 1.29 is 17.6 Å². The number of carbonyl (C=O) groups is 1. The van der Waals surface area contributed by atoms with Gasteiger partial charge >= 0.3 is 5.76 Å². The van der Waals surface area contributed by atoms with E-state index in [4.69, 9.17) is 4.42 Å². The van der Waals surface area contributed by atoms with Gasteiger partial charge in [0.1, 0.15) is 4.90 Å². The molecular formula is C25H29N3O5S. The first-order valence-electron chi connectivity index (χ1n) is 11.9. The van der Waals surface area contributed by atoms with Gasteiger partial charge in [0.25, 0.3) is 15.9 Å².